The molecular weight excluding hydrogens is 216 g/mol. The van der Waals surface area contributed by atoms with Gasteiger partial charge in [-0.3, -0.25) is 4.98 Å². The Hall–Kier alpha value is -0.280. The first-order valence-corrected chi connectivity index (χ1v) is 6.10. The van der Waals surface area contributed by atoms with Crippen molar-refractivity contribution in [2.75, 3.05) is 0 Å². The van der Waals surface area contributed by atoms with Gasteiger partial charge in [-0.15, -0.1) is 0 Å². The van der Waals surface area contributed by atoms with Crippen molar-refractivity contribution in [1.29, 1.82) is 0 Å². The fourth-order valence-electron chi connectivity index (χ4n) is 0.823. The normalized spacial score (nSPS) is 13.2. The van der Waals surface area contributed by atoms with Crippen molar-refractivity contribution in [2.45, 2.75) is 31.8 Å². The lowest BCUT2D eigenvalue weighted by molar-refractivity contribution is 0.642. The maximum absolute atomic E-state index is 5.64. The molecule has 0 aliphatic rings. The van der Waals surface area contributed by atoms with E-state index < -0.39 is 0 Å². The lowest BCUT2D eigenvalue weighted by Crippen LogP contribution is -2.06. The fraction of sp³-hybridized carbons (Fsp3) is 0.600. The zero-order chi connectivity index (χ0) is 10.6. The van der Waals surface area contributed by atoms with Crippen molar-refractivity contribution in [3.8, 4) is 0 Å². The number of rotatable bonds is 4. The van der Waals surface area contributed by atoms with Crippen LogP contribution in [0.25, 0.3) is 0 Å². The van der Waals surface area contributed by atoms with Gasteiger partial charge < -0.3 is 0 Å². The molecule has 1 aromatic rings. The van der Waals surface area contributed by atoms with Gasteiger partial charge in [0.1, 0.15) is 5.15 Å². The van der Waals surface area contributed by atoms with E-state index >= 15 is 0 Å². The summed E-state index contributed by atoms with van der Waals surface area (Å²) in [4.78, 5) is 8.19. The largest absolute Gasteiger partial charge is 0.256 e. The highest BCUT2D eigenvalue weighted by Gasteiger charge is 2.07. The van der Waals surface area contributed by atoms with Crippen molar-refractivity contribution < 1.29 is 0 Å². The molecule has 1 heterocycles. The van der Waals surface area contributed by atoms with Crippen LogP contribution in [0.3, 0.4) is 0 Å². The minimum absolute atomic E-state index is 0.454. The summed E-state index contributed by atoms with van der Waals surface area (Å²) in [5.74, 6) is 1.60. The van der Waals surface area contributed by atoms with Gasteiger partial charge >= 0.3 is 0 Å². The first-order valence-electron chi connectivity index (χ1n) is 4.67. The first-order chi connectivity index (χ1) is 6.59. The van der Waals surface area contributed by atoms with Gasteiger partial charge in [-0.05, 0) is 5.92 Å². The highest BCUT2D eigenvalue weighted by atomic mass is 35.5. The molecule has 14 heavy (non-hydrogen) atoms. The molecule has 0 fully saturated rings. The lowest BCUT2D eigenvalue weighted by atomic mass is 10.2. The molecule has 0 saturated heterocycles. The molecule has 1 rings (SSSR count). The minimum Gasteiger partial charge on any atom is -0.256 e. The van der Waals surface area contributed by atoms with Gasteiger partial charge in [-0.2, -0.15) is 11.8 Å². The van der Waals surface area contributed by atoms with Crippen LogP contribution in [0.5, 0.6) is 0 Å². The second-order valence-corrected chi connectivity index (χ2v) is 5.34. The number of hydrogen-bond donors (Lipinski definition) is 0. The monoisotopic (exact) mass is 230 g/mol. The van der Waals surface area contributed by atoms with E-state index in [-0.39, 0.29) is 0 Å². The third-order valence-electron chi connectivity index (χ3n) is 2.11. The molecule has 0 bridgehead atoms. The van der Waals surface area contributed by atoms with Crippen LogP contribution in [-0.4, -0.2) is 15.2 Å². The summed E-state index contributed by atoms with van der Waals surface area (Å²) in [7, 11) is 0. The molecule has 4 heteroatoms. The maximum Gasteiger partial charge on any atom is 0.147 e. The molecular formula is C10H15ClN2S. The average molecular weight is 231 g/mol. The van der Waals surface area contributed by atoms with Gasteiger partial charge in [-0.1, -0.05) is 32.4 Å². The van der Waals surface area contributed by atoms with Crippen molar-refractivity contribution in [3.63, 3.8) is 0 Å². The van der Waals surface area contributed by atoms with E-state index in [2.05, 4.69) is 30.7 Å². The summed E-state index contributed by atoms with van der Waals surface area (Å²) in [6.45, 7) is 6.69. The van der Waals surface area contributed by atoms with Crippen LogP contribution in [0.1, 0.15) is 26.5 Å². The topological polar surface area (TPSA) is 25.8 Å². The molecule has 0 amide bonds. The number of hydrogen-bond acceptors (Lipinski definition) is 3. The summed E-state index contributed by atoms with van der Waals surface area (Å²) in [6.07, 6.45) is 3.33. The van der Waals surface area contributed by atoms with E-state index in [9.17, 15) is 0 Å². The SMILES string of the molecule is CC(C)C(C)SCc1cnc(Cl)cn1. The van der Waals surface area contributed by atoms with Crippen LogP contribution in [0, 0.1) is 5.92 Å². The Morgan fingerprint density at radius 2 is 2.00 bits per heavy atom. The Kier molecular flexibility index (Phi) is 4.69. The summed E-state index contributed by atoms with van der Waals surface area (Å²) >= 11 is 7.54. The molecule has 1 aromatic heterocycles. The summed E-state index contributed by atoms with van der Waals surface area (Å²) in [6, 6.07) is 0. The molecule has 1 atom stereocenters. The van der Waals surface area contributed by atoms with Crippen LogP contribution in [-0.2, 0) is 5.75 Å². The van der Waals surface area contributed by atoms with E-state index in [1.165, 1.54) is 0 Å². The maximum atomic E-state index is 5.64. The van der Waals surface area contributed by atoms with Crippen molar-refractivity contribution in [2.24, 2.45) is 5.92 Å². The molecule has 0 aliphatic heterocycles. The smallest absolute Gasteiger partial charge is 0.147 e. The highest BCUT2D eigenvalue weighted by Crippen LogP contribution is 2.22. The number of thioether (sulfide) groups is 1. The highest BCUT2D eigenvalue weighted by molar-refractivity contribution is 7.99. The zero-order valence-electron chi connectivity index (χ0n) is 8.70. The van der Waals surface area contributed by atoms with Crippen LogP contribution >= 0.6 is 23.4 Å². The fourth-order valence-corrected chi connectivity index (χ4v) is 1.89. The Morgan fingerprint density at radius 1 is 1.29 bits per heavy atom. The predicted molar refractivity (Wildman–Crippen MR) is 62.6 cm³/mol. The van der Waals surface area contributed by atoms with Gasteiger partial charge in [0.05, 0.1) is 18.1 Å². The zero-order valence-corrected chi connectivity index (χ0v) is 10.3. The first kappa shape index (κ1) is 11.8. The third kappa shape index (κ3) is 3.84. The lowest BCUT2D eigenvalue weighted by Gasteiger charge is -2.14. The molecule has 0 saturated carbocycles. The standard InChI is InChI=1S/C10H15ClN2S/c1-7(2)8(3)14-6-9-4-13-10(11)5-12-9/h4-5,7-8H,6H2,1-3H3. The third-order valence-corrected chi connectivity index (χ3v) is 3.83. The van der Waals surface area contributed by atoms with Gasteiger partial charge in [0.15, 0.2) is 0 Å². The summed E-state index contributed by atoms with van der Waals surface area (Å²) in [5.41, 5.74) is 0.993. The summed E-state index contributed by atoms with van der Waals surface area (Å²) in [5, 5.41) is 1.10. The van der Waals surface area contributed by atoms with Crippen molar-refractivity contribution in [1.82, 2.24) is 9.97 Å². The molecule has 0 aliphatic carbocycles. The molecule has 0 N–H and O–H groups in total. The van der Waals surface area contributed by atoms with E-state index in [0.717, 1.165) is 11.4 Å². The Labute approximate surface area is 94.5 Å². The number of nitrogens with zero attached hydrogens (tertiary/aromatic N) is 2. The number of halogens is 1. The van der Waals surface area contributed by atoms with Crippen molar-refractivity contribution in [3.05, 3.63) is 23.2 Å². The molecule has 0 radical (unpaired) electrons. The van der Waals surface area contributed by atoms with Crippen molar-refractivity contribution >= 4 is 23.4 Å². The van der Waals surface area contributed by atoms with Gasteiger partial charge in [0.2, 0.25) is 0 Å². The Balaban J connectivity index is 2.42. The molecule has 78 valence electrons. The molecule has 1 unspecified atom stereocenters. The van der Waals surface area contributed by atoms with Gasteiger partial charge in [0, 0.05) is 11.0 Å². The second kappa shape index (κ2) is 5.56. The van der Waals surface area contributed by atoms with E-state index in [1.54, 1.807) is 12.4 Å². The Morgan fingerprint density at radius 3 is 2.50 bits per heavy atom. The van der Waals surface area contributed by atoms with Gasteiger partial charge in [-0.25, -0.2) is 4.98 Å². The number of aromatic nitrogens is 2. The molecule has 2 nitrogen and oxygen atoms in total. The average Bonchev–Trinajstić information content (AvgIpc) is 2.16. The van der Waals surface area contributed by atoms with E-state index in [0.29, 0.717) is 16.3 Å². The van der Waals surface area contributed by atoms with Crippen LogP contribution in [0.4, 0.5) is 0 Å². The van der Waals surface area contributed by atoms with Crippen LogP contribution in [0.2, 0.25) is 5.15 Å². The Bertz CT molecular complexity index is 274. The van der Waals surface area contributed by atoms with E-state index in [1.807, 2.05) is 11.8 Å². The molecule has 0 spiro atoms. The molecule has 0 aromatic carbocycles. The minimum atomic E-state index is 0.454. The van der Waals surface area contributed by atoms with Crippen LogP contribution < -0.4 is 0 Å². The second-order valence-electron chi connectivity index (χ2n) is 3.59. The summed E-state index contributed by atoms with van der Waals surface area (Å²) < 4.78 is 0. The van der Waals surface area contributed by atoms with E-state index in [4.69, 9.17) is 11.6 Å². The predicted octanol–water partition coefficient (Wildman–Crippen LogP) is 3.41. The quantitative estimate of drug-likeness (QED) is 0.793. The van der Waals surface area contributed by atoms with Gasteiger partial charge in [0.25, 0.3) is 0 Å². The van der Waals surface area contributed by atoms with Crippen LogP contribution in [0.15, 0.2) is 12.4 Å².